The van der Waals surface area contributed by atoms with E-state index >= 15 is 0 Å². The summed E-state index contributed by atoms with van der Waals surface area (Å²) in [4.78, 5) is 13.1. The first kappa shape index (κ1) is 15.1. The molecule has 7 heteroatoms. The highest BCUT2D eigenvalue weighted by Gasteiger charge is 2.31. The molecule has 0 aromatic carbocycles. The largest absolute Gasteiger partial charge is 0.344 e. The van der Waals surface area contributed by atoms with Crippen molar-refractivity contribution in [2.75, 3.05) is 6.54 Å². The number of rotatable bonds is 6. The van der Waals surface area contributed by atoms with Gasteiger partial charge in [-0.15, -0.1) is 28.0 Å². The van der Waals surface area contributed by atoms with Crippen LogP contribution in [0.5, 0.6) is 0 Å². The fourth-order valence-corrected chi connectivity index (χ4v) is 3.74. The number of hydrogen-bond donors (Lipinski definition) is 1. The summed E-state index contributed by atoms with van der Waals surface area (Å²) in [6, 6.07) is 4.51. The number of hydrogen-bond acceptors (Lipinski definition) is 5. The molecule has 1 atom stereocenters. The van der Waals surface area contributed by atoms with E-state index in [1.165, 1.54) is 11.8 Å². The number of thiophene rings is 1. The van der Waals surface area contributed by atoms with Crippen LogP contribution in [-0.4, -0.2) is 32.5 Å². The van der Waals surface area contributed by atoms with Crippen molar-refractivity contribution in [3.05, 3.63) is 17.5 Å². The van der Waals surface area contributed by atoms with Gasteiger partial charge in [-0.1, -0.05) is 23.7 Å². The number of aromatic nitrogens is 3. The van der Waals surface area contributed by atoms with Crippen molar-refractivity contribution in [3.8, 4) is 23.0 Å². The maximum atomic E-state index is 12.0. The van der Waals surface area contributed by atoms with Crippen molar-refractivity contribution in [3.63, 3.8) is 0 Å². The molecule has 0 radical (unpaired) electrons. The van der Waals surface area contributed by atoms with Crippen molar-refractivity contribution in [2.24, 2.45) is 0 Å². The summed E-state index contributed by atoms with van der Waals surface area (Å²) in [6.07, 6.45) is 7.44. The van der Waals surface area contributed by atoms with Gasteiger partial charge < -0.3 is 5.32 Å². The predicted molar refractivity (Wildman–Crippen MR) is 88.8 cm³/mol. The average molecular weight is 332 g/mol. The molecule has 1 saturated carbocycles. The Bertz CT molecular complexity index is 698. The average Bonchev–Trinajstić information content (AvgIpc) is 3.04. The van der Waals surface area contributed by atoms with Crippen LogP contribution in [0.2, 0.25) is 0 Å². The van der Waals surface area contributed by atoms with Crippen molar-refractivity contribution in [1.29, 1.82) is 0 Å². The summed E-state index contributed by atoms with van der Waals surface area (Å²) in [5, 5.41) is 13.9. The zero-order valence-corrected chi connectivity index (χ0v) is 13.8. The number of carbonyl (C=O) groups is 1. The van der Waals surface area contributed by atoms with Gasteiger partial charge in [-0.2, -0.15) is 0 Å². The van der Waals surface area contributed by atoms with Crippen LogP contribution in [0.3, 0.4) is 0 Å². The molecular weight excluding hydrogens is 316 g/mol. The lowest BCUT2D eigenvalue weighted by Gasteiger charge is -2.12. The zero-order chi connectivity index (χ0) is 15.5. The van der Waals surface area contributed by atoms with Crippen molar-refractivity contribution < 1.29 is 4.79 Å². The van der Waals surface area contributed by atoms with Crippen LogP contribution in [0.25, 0.3) is 10.7 Å². The Kier molecular flexibility index (Phi) is 4.50. The second kappa shape index (κ2) is 6.55. The highest BCUT2D eigenvalue weighted by Crippen LogP contribution is 2.42. The minimum absolute atomic E-state index is 0.0778. The molecule has 1 N–H and O–H groups in total. The Balaban J connectivity index is 1.80. The van der Waals surface area contributed by atoms with Crippen molar-refractivity contribution in [2.45, 2.75) is 36.2 Å². The van der Waals surface area contributed by atoms with Gasteiger partial charge in [0.15, 0.2) is 11.0 Å². The minimum Gasteiger partial charge on any atom is -0.344 e. The Hall–Kier alpha value is -1.78. The maximum Gasteiger partial charge on any atom is 0.234 e. The fourth-order valence-electron chi connectivity index (χ4n) is 2.09. The van der Waals surface area contributed by atoms with Crippen molar-refractivity contribution >= 4 is 29.0 Å². The fraction of sp³-hybridized carbons (Fsp3) is 0.400. The number of amides is 1. The minimum atomic E-state index is -0.258. The molecule has 1 amide bonds. The SMILES string of the molecule is C#CCNC(=O)C(C)Sc1nnc(-c2cccs2)n1C1CC1. The van der Waals surface area contributed by atoms with Crippen LogP contribution in [-0.2, 0) is 4.79 Å². The van der Waals surface area contributed by atoms with E-state index in [-0.39, 0.29) is 17.7 Å². The molecule has 0 aliphatic heterocycles. The normalized spacial score (nSPS) is 15.3. The first-order valence-electron chi connectivity index (χ1n) is 7.07. The van der Waals surface area contributed by atoms with Crippen LogP contribution in [0.4, 0.5) is 0 Å². The molecule has 1 aliphatic carbocycles. The third-order valence-electron chi connectivity index (χ3n) is 3.33. The summed E-state index contributed by atoms with van der Waals surface area (Å²) in [7, 11) is 0. The molecule has 2 aromatic rings. The smallest absolute Gasteiger partial charge is 0.234 e. The first-order valence-corrected chi connectivity index (χ1v) is 8.83. The molecule has 1 fully saturated rings. The van der Waals surface area contributed by atoms with E-state index in [9.17, 15) is 4.79 Å². The molecule has 22 heavy (non-hydrogen) atoms. The van der Waals surface area contributed by atoms with Crippen LogP contribution < -0.4 is 5.32 Å². The van der Waals surface area contributed by atoms with Crippen LogP contribution in [0.15, 0.2) is 22.7 Å². The second-order valence-corrected chi connectivity index (χ2v) is 7.32. The van der Waals surface area contributed by atoms with Crippen molar-refractivity contribution in [1.82, 2.24) is 20.1 Å². The Morgan fingerprint density at radius 1 is 1.64 bits per heavy atom. The van der Waals surface area contributed by atoms with Gasteiger partial charge in [0.2, 0.25) is 5.91 Å². The zero-order valence-electron chi connectivity index (χ0n) is 12.2. The molecule has 2 heterocycles. The molecule has 1 aliphatic rings. The van der Waals surface area contributed by atoms with E-state index in [4.69, 9.17) is 6.42 Å². The third-order valence-corrected chi connectivity index (χ3v) is 5.26. The van der Waals surface area contributed by atoms with E-state index in [1.807, 2.05) is 24.4 Å². The molecule has 1 unspecified atom stereocenters. The number of nitrogens with one attached hydrogen (secondary N) is 1. The van der Waals surface area contributed by atoms with Gasteiger partial charge in [0.05, 0.1) is 16.7 Å². The van der Waals surface area contributed by atoms with E-state index in [2.05, 4.69) is 26.0 Å². The van der Waals surface area contributed by atoms with Gasteiger partial charge in [0.1, 0.15) is 0 Å². The molecule has 2 aromatic heterocycles. The molecular formula is C15H16N4OS2. The van der Waals surface area contributed by atoms with Gasteiger partial charge in [0, 0.05) is 6.04 Å². The monoisotopic (exact) mass is 332 g/mol. The van der Waals surface area contributed by atoms with E-state index in [1.54, 1.807) is 11.3 Å². The molecule has 0 spiro atoms. The van der Waals surface area contributed by atoms with Crippen LogP contribution >= 0.6 is 23.1 Å². The van der Waals surface area contributed by atoms with E-state index in [0.717, 1.165) is 28.7 Å². The van der Waals surface area contributed by atoms with Gasteiger partial charge in [-0.3, -0.25) is 9.36 Å². The summed E-state index contributed by atoms with van der Waals surface area (Å²) in [5.41, 5.74) is 0. The van der Waals surface area contributed by atoms with Gasteiger partial charge >= 0.3 is 0 Å². The Morgan fingerprint density at radius 2 is 2.45 bits per heavy atom. The number of thioether (sulfide) groups is 1. The number of nitrogens with zero attached hydrogens (tertiary/aromatic N) is 3. The lowest BCUT2D eigenvalue weighted by molar-refractivity contribution is -0.120. The second-order valence-electron chi connectivity index (χ2n) is 5.07. The lowest BCUT2D eigenvalue weighted by Crippen LogP contribution is -2.31. The third kappa shape index (κ3) is 3.18. The standard InChI is InChI=1S/C15H16N4OS2/c1-3-8-16-14(20)10(2)22-15-18-17-13(12-5-4-9-21-12)19(15)11-6-7-11/h1,4-5,9-11H,6-8H2,2H3,(H,16,20). The molecule has 5 nitrogen and oxygen atoms in total. The number of terminal acetylenes is 1. The topological polar surface area (TPSA) is 59.8 Å². The van der Waals surface area contributed by atoms with Gasteiger partial charge in [-0.25, -0.2) is 0 Å². The first-order chi connectivity index (χ1) is 10.7. The summed E-state index contributed by atoms with van der Waals surface area (Å²) < 4.78 is 2.17. The molecule has 0 saturated heterocycles. The molecule has 3 rings (SSSR count). The van der Waals surface area contributed by atoms with E-state index < -0.39 is 0 Å². The summed E-state index contributed by atoms with van der Waals surface area (Å²) >= 11 is 3.08. The highest BCUT2D eigenvalue weighted by molar-refractivity contribution is 8.00. The Morgan fingerprint density at radius 3 is 3.09 bits per heavy atom. The summed E-state index contributed by atoms with van der Waals surface area (Å²) in [6.45, 7) is 2.10. The lowest BCUT2D eigenvalue weighted by atomic mass is 10.4. The van der Waals surface area contributed by atoms with Gasteiger partial charge in [0.25, 0.3) is 0 Å². The number of carbonyl (C=O) groups excluding carboxylic acids is 1. The molecule has 0 bridgehead atoms. The van der Waals surface area contributed by atoms with E-state index in [0.29, 0.717) is 6.04 Å². The van der Waals surface area contributed by atoms with Crippen LogP contribution in [0.1, 0.15) is 25.8 Å². The summed E-state index contributed by atoms with van der Waals surface area (Å²) in [5.74, 6) is 3.23. The maximum absolute atomic E-state index is 12.0. The molecule has 114 valence electrons. The highest BCUT2D eigenvalue weighted by atomic mass is 32.2. The predicted octanol–water partition coefficient (Wildman–Crippen LogP) is 2.57. The quantitative estimate of drug-likeness (QED) is 0.652. The van der Waals surface area contributed by atoms with Gasteiger partial charge in [-0.05, 0) is 31.2 Å². The van der Waals surface area contributed by atoms with Crippen LogP contribution in [0, 0.1) is 12.3 Å². The Labute approximate surface area is 137 Å².